The Balaban J connectivity index is 2.09. The van der Waals surface area contributed by atoms with Crippen LogP contribution in [0.15, 0.2) is 0 Å². The van der Waals surface area contributed by atoms with E-state index in [1.54, 1.807) is 0 Å². The van der Waals surface area contributed by atoms with Gasteiger partial charge in [-0.1, -0.05) is 59.3 Å². The normalized spacial score (nSPS) is 21.4. The van der Waals surface area contributed by atoms with Crippen molar-refractivity contribution in [3.8, 4) is 0 Å². The largest absolute Gasteiger partial charge is 0.314 e. The maximum Gasteiger partial charge on any atom is 0.00669 e. The Bertz CT molecular complexity index is 172. The van der Waals surface area contributed by atoms with E-state index in [0.717, 1.165) is 17.9 Å². The van der Waals surface area contributed by atoms with Crippen LogP contribution in [0.4, 0.5) is 0 Å². The van der Waals surface area contributed by atoms with E-state index in [2.05, 4.69) is 26.1 Å². The molecule has 0 amide bonds. The van der Waals surface area contributed by atoms with Gasteiger partial charge in [0.15, 0.2) is 0 Å². The van der Waals surface area contributed by atoms with E-state index in [1.165, 1.54) is 64.3 Å². The second kappa shape index (κ2) is 8.97. The van der Waals surface area contributed by atoms with Crippen molar-refractivity contribution in [3.63, 3.8) is 0 Å². The van der Waals surface area contributed by atoms with E-state index in [1.807, 2.05) is 0 Å². The Hall–Kier alpha value is -0.0400. The third-order valence-corrected chi connectivity index (χ3v) is 4.59. The van der Waals surface area contributed by atoms with Crippen LogP contribution in [0.1, 0.15) is 78.6 Å². The summed E-state index contributed by atoms with van der Waals surface area (Å²) in [6.07, 6.45) is 12.8. The summed E-state index contributed by atoms with van der Waals surface area (Å²) in [7, 11) is 0. The Morgan fingerprint density at radius 2 is 1.76 bits per heavy atom. The predicted molar refractivity (Wildman–Crippen MR) is 77.3 cm³/mol. The van der Waals surface area contributed by atoms with Gasteiger partial charge in [0.05, 0.1) is 0 Å². The molecule has 2 atom stereocenters. The van der Waals surface area contributed by atoms with Crippen molar-refractivity contribution in [1.82, 2.24) is 5.32 Å². The summed E-state index contributed by atoms with van der Waals surface area (Å²) >= 11 is 0. The SMILES string of the molecule is CCC(C)CC(CC)NCCC1CCCCC1. The van der Waals surface area contributed by atoms with Crippen molar-refractivity contribution >= 4 is 0 Å². The van der Waals surface area contributed by atoms with E-state index in [-0.39, 0.29) is 0 Å². The molecule has 2 unspecified atom stereocenters. The first-order chi connectivity index (χ1) is 8.26. The lowest BCUT2D eigenvalue weighted by molar-refractivity contribution is 0.316. The third kappa shape index (κ3) is 6.45. The third-order valence-electron chi connectivity index (χ3n) is 4.59. The highest BCUT2D eigenvalue weighted by Gasteiger charge is 2.14. The maximum absolute atomic E-state index is 3.78. The zero-order valence-electron chi connectivity index (χ0n) is 12.3. The highest BCUT2D eigenvalue weighted by atomic mass is 14.9. The van der Waals surface area contributed by atoms with E-state index < -0.39 is 0 Å². The zero-order chi connectivity index (χ0) is 12.5. The Labute approximate surface area is 109 Å². The number of nitrogens with one attached hydrogen (secondary N) is 1. The van der Waals surface area contributed by atoms with Crippen LogP contribution in [-0.4, -0.2) is 12.6 Å². The molecule has 0 aromatic rings. The molecule has 0 bridgehead atoms. The molecule has 0 saturated heterocycles. The molecule has 1 N–H and O–H groups in total. The van der Waals surface area contributed by atoms with Gasteiger partial charge < -0.3 is 5.32 Å². The van der Waals surface area contributed by atoms with Crippen LogP contribution in [0.25, 0.3) is 0 Å². The van der Waals surface area contributed by atoms with E-state index in [0.29, 0.717) is 0 Å². The molecule has 1 aliphatic carbocycles. The molecule has 1 fully saturated rings. The van der Waals surface area contributed by atoms with Crippen LogP contribution in [0.2, 0.25) is 0 Å². The minimum absolute atomic E-state index is 0.758. The smallest absolute Gasteiger partial charge is 0.00669 e. The highest BCUT2D eigenvalue weighted by Crippen LogP contribution is 2.25. The van der Waals surface area contributed by atoms with Gasteiger partial charge in [-0.15, -0.1) is 0 Å². The molecule has 1 aliphatic rings. The van der Waals surface area contributed by atoms with Crippen LogP contribution < -0.4 is 5.32 Å². The summed E-state index contributed by atoms with van der Waals surface area (Å²) in [5.74, 6) is 1.90. The van der Waals surface area contributed by atoms with Crippen LogP contribution in [0.3, 0.4) is 0 Å². The Morgan fingerprint density at radius 1 is 1.06 bits per heavy atom. The molecule has 0 heterocycles. The summed E-state index contributed by atoms with van der Waals surface area (Å²) in [5.41, 5.74) is 0. The van der Waals surface area contributed by atoms with E-state index >= 15 is 0 Å². The number of hydrogen-bond acceptors (Lipinski definition) is 1. The van der Waals surface area contributed by atoms with Gasteiger partial charge in [-0.2, -0.15) is 0 Å². The van der Waals surface area contributed by atoms with Gasteiger partial charge in [-0.05, 0) is 37.6 Å². The highest BCUT2D eigenvalue weighted by molar-refractivity contribution is 4.71. The average molecular weight is 239 g/mol. The second-order valence-electron chi connectivity index (χ2n) is 6.10. The van der Waals surface area contributed by atoms with Gasteiger partial charge in [-0.25, -0.2) is 0 Å². The van der Waals surface area contributed by atoms with Gasteiger partial charge in [0.2, 0.25) is 0 Å². The molecule has 0 aromatic carbocycles. The fraction of sp³-hybridized carbons (Fsp3) is 1.00. The van der Waals surface area contributed by atoms with Gasteiger partial charge in [0.1, 0.15) is 0 Å². The van der Waals surface area contributed by atoms with Crippen molar-refractivity contribution < 1.29 is 0 Å². The Kier molecular flexibility index (Phi) is 7.92. The first kappa shape index (κ1) is 15.0. The fourth-order valence-corrected chi connectivity index (χ4v) is 3.01. The quantitative estimate of drug-likeness (QED) is 0.644. The van der Waals surface area contributed by atoms with Crippen LogP contribution in [0.5, 0.6) is 0 Å². The molecular weight excluding hydrogens is 206 g/mol. The first-order valence-electron chi connectivity index (χ1n) is 7.99. The summed E-state index contributed by atoms with van der Waals surface area (Å²) in [4.78, 5) is 0. The fourth-order valence-electron chi connectivity index (χ4n) is 3.01. The van der Waals surface area contributed by atoms with Crippen molar-refractivity contribution in [3.05, 3.63) is 0 Å². The summed E-state index contributed by atoms with van der Waals surface area (Å²) in [6.45, 7) is 8.26. The molecule has 1 nitrogen and oxygen atoms in total. The Morgan fingerprint density at radius 3 is 2.35 bits per heavy atom. The molecule has 1 saturated carbocycles. The van der Waals surface area contributed by atoms with Crippen LogP contribution in [0, 0.1) is 11.8 Å². The monoisotopic (exact) mass is 239 g/mol. The molecule has 1 rings (SSSR count). The summed E-state index contributed by atoms with van der Waals surface area (Å²) < 4.78 is 0. The van der Waals surface area contributed by atoms with Gasteiger partial charge in [0.25, 0.3) is 0 Å². The molecular formula is C16H33N. The molecule has 0 spiro atoms. The van der Waals surface area contributed by atoms with Crippen LogP contribution in [-0.2, 0) is 0 Å². The molecule has 0 aliphatic heterocycles. The van der Waals surface area contributed by atoms with Crippen LogP contribution >= 0.6 is 0 Å². The topological polar surface area (TPSA) is 12.0 Å². The number of hydrogen-bond donors (Lipinski definition) is 1. The maximum atomic E-state index is 3.78. The molecule has 102 valence electrons. The predicted octanol–water partition coefficient (Wildman–Crippen LogP) is 4.76. The van der Waals surface area contributed by atoms with Gasteiger partial charge in [0, 0.05) is 6.04 Å². The minimum Gasteiger partial charge on any atom is -0.314 e. The van der Waals surface area contributed by atoms with Gasteiger partial charge in [-0.3, -0.25) is 0 Å². The lowest BCUT2D eigenvalue weighted by Gasteiger charge is -2.24. The minimum atomic E-state index is 0.758. The van der Waals surface area contributed by atoms with Crippen molar-refractivity contribution in [2.45, 2.75) is 84.6 Å². The van der Waals surface area contributed by atoms with Crippen molar-refractivity contribution in [2.75, 3.05) is 6.54 Å². The standard InChI is InChI=1S/C16H33N/c1-4-14(3)13-16(5-2)17-12-11-15-9-7-6-8-10-15/h14-17H,4-13H2,1-3H3. The molecule has 0 aromatic heterocycles. The number of rotatable bonds is 8. The van der Waals surface area contributed by atoms with Crippen molar-refractivity contribution in [2.24, 2.45) is 11.8 Å². The van der Waals surface area contributed by atoms with Crippen molar-refractivity contribution in [1.29, 1.82) is 0 Å². The molecule has 0 radical (unpaired) electrons. The van der Waals surface area contributed by atoms with Gasteiger partial charge >= 0.3 is 0 Å². The average Bonchev–Trinajstić information content (AvgIpc) is 2.38. The second-order valence-corrected chi connectivity index (χ2v) is 6.10. The molecule has 17 heavy (non-hydrogen) atoms. The van der Waals surface area contributed by atoms with E-state index in [9.17, 15) is 0 Å². The summed E-state index contributed by atoms with van der Waals surface area (Å²) in [6, 6.07) is 0.758. The summed E-state index contributed by atoms with van der Waals surface area (Å²) in [5, 5.41) is 3.78. The molecule has 1 heteroatoms. The lowest BCUT2D eigenvalue weighted by atomic mass is 9.87. The van der Waals surface area contributed by atoms with E-state index in [4.69, 9.17) is 0 Å². The zero-order valence-corrected chi connectivity index (χ0v) is 12.3. The first-order valence-corrected chi connectivity index (χ1v) is 7.99. The lowest BCUT2D eigenvalue weighted by Crippen LogP contribution is -2.32.